The number of aliphatic hydroxyl groups excluding tert-OH is 1. The normalized spacial score (nSPS) is 16.9. The van der Waals surface area contributed by atoms with Gasteiger partial charge in [0.05, 0.1) is 0 Å². The van der Waals surface area contributed by atoms with E-state index < -0.39 is 0 Å². The van der Waals surface area contributed by atoms with Crippen LogP contribution >= 0.6 is 0 Å². The molecule has 1 aliphatic rings. The van der Waals surface area contributed by atoms with Crippen molar-refractivity contribution in [3.05, 3.63) is 24.0 Å². The lowest BCUT2D eigenvalue weighted by Crippen LogP contribution is -2.32. The van der Waals surface area contributed by atoms with E-state index in [4.69, 9.17) is 5.11 Å². The van der Waals surface area contributed by atoms with Crippen molar-refractivity contribution < 1.29 is 9.90 Å². The van der Waals surface area contributed by atoms with Crippen LogP contribution in [0.4, 0.5) is 0 Å². The number of nitrogens with zero attached hydrogens (tertiary/aromatic N) is 1. The van der Waals surface area contributed by atoms with E-state index in [0.717, 1.165) is 19.3 Å². The molecule has 1 heterocycles. The standard InChI is InChI=1S/C14H22N2O2/c1-11(2)16-8-3-4-12(16)13(18)15-10-14(5-6-14)7-9-17/h3-4,8,11,17H,5-7,9-10H2,1-2H3,(H,15,18). The van der Waals surface area contributed by atoms with Crippen LogP contribution in [0, 0.1) is 5.41 Å². The smallest absolute Gasteiger partial charge is 0.267 e. The van der Waals surface area contributed by atoms with E-state index >= 15 is 0 Å². The zero-order chi connectivity index (χ0) is 13.2. The summed E-state index contributed by atoms with van der Waals surface area (Å²) in [5, 5.41) is 12.0. The van der Waals surface area contributed by atoms with Gasteiger partial charge in [-0.05, 0) is 50.7 Å². The van der Waals surface area contributed by atoms with E-state index in [2.05, 4.69) is 19.2 Å². The van der Waals surface area contributed by atoms with Crippen LogP contribution in [0.2, 0.25) is 0 Å². The number of nitrogens with one attached hydrogen (secondary N) is 1. The number of hydrogen-bond donors (Lipinski definition) is 2. The second-order valence-corrected chi connectivity index (χ2v) is 5.55. The quantitative estimate of drug-likeness (QED) is 0.811. The molecule has 0 saturated heterocycles. The fourth-order valence-electron chi connectivity index (χ4n) is 2.32. The minimum Gasteiger partial charge on any atom is -0.396 e. The molecule has 2 N–H and O–H groups in total. The molecule has 0 atom stereocenters. The summed E-state index contributed by atoms with van der Waals surface area (Å²) >= 11 is 0. The van der Waals surface area contributed by atoms with Crippen LogP contribution in [0.5, 0.6) is 0 Å². The summed E-state index contributed by atoms with van der Waals surface area (Å²) in [7, 11) is 0. The monoisotopic (exact) mass is 250 g/mol. The summed E-state index contributed by atoms with van der Waals surface area (Å²) in [6.07, 6.45) is 4.94. The SMILES string of the molecule is CC(C)n1cccc1C(=O)NCC1(CCO)CC1. The molecule has 4 nitrogen and oxygen atoms in total. The average Bonchev–Trinajstić information content (AvgIpc) is 2.92. The molecule has 0 spiro atoms. The summed E-state index contributed by atoms with van der Waals surface area (Å²) in [4.78, 5) is 12.1. The van der Waals surface area contributed by atoms with Crippen LogP contribution in [0.25, 0.3) is 0 Å². The Labute approximate surface area is 108 Å². The first-order valence-corrected chi connectivity index (χ1v) is 6.64. The Hall–Kier alpha value is -1.29. The molecule has 0 unspecified atom stereocenters. The number of aromatic nitrogens is 1. The van der Waals surface area contributed by atoms with Gasteiger partial charge in [-0.25, -0.2) is 0 Å². The average molecular weight is 250 g/mol. The first kappa shape index (κ1) is 13.1. The van der Waals surface area contributed by atoms with Gasteiger partial charge < -0.3 is 15.0 Å². The third-order valence-electron chi connectivity index (χ3n) is 3.79. The maximum Gasteiger partial charge on any atom is 0.267 e. The molecule has 1 fully saturated rings. The van der Waals surface area contributed by atoms with E-state index in [1.54, 1.807) is 0 Å². The number of hydrogen-bond acceptors (Lipinski definition) is 2. The molecule has 1 saturated carbocycles. The molecule has 0 aliphatic heterocycles. The minimum atomic E-state index is -0.0158. The van der Waals surface area contributed by atoms with Crippen molar-refractivity contribution in [3.63, 3.8) is 0 Å². The highest BCUT2D eigenvalue weighted by molar-refractivity contribution is 5.92. The molecular weight excluding hydrogens is 228 g/mol. The first-order valence-electron chi connectivity index (χ1n) is 6.64. The Balaban J connectivity index is 1.94. The molecule has 18 heavy (non-hydrogen) atoms. The van der Waals surface area contributed by atoms with Crippen molar-refractivity contribution in [1.29, 1.82) is 0 Å². The Morgan fingerprint density at radius 1 is 1.56 bits per heavy atom. The lowest BCUT2D eigenvalue weighted by atomic mass is 10.0. The molecular formula is C14H22N2O2. The van der Waals surface area contributed by atoms with Gasteiger partial charge >= 0.3 is 0 Å². The van der Waals surface area contributed by atoms with Crippen LogP contribution < -0.4 is 5.32 Å². The number of carbonyl (C=O) groups is 1. The van der Waals surface area contributed by atoms with Crippen molar-refractivity contribution in [2.45, 2.75) is 39.2 Å². The van der Waals surface area contributed by atoms with E-state index in [-0.39, 0.29) is 24.0 Å². The molecule has 1 aromatic rings. The van der Waals surface area contributed by atoms with Crippen molar-refractivity contribution >= 4 is 5.91 Å². The topological polar surface area (TPSA) is 54.3 Å². The lowest BCUT2D eigenvalue weighted by molar-refractivity contribution is 0.0930. The highest BCUT2D eigenvalue weighted by Crippen LogP contribution is 2.47. The molecule has 100 valence electrons. The van der Waals surface area contributed by atoms with Gasteiger partial charge in [-0.3, -0.25) is 4.79 Å². The summed E-state index contributed by atoms with van der Waals surface area (Å²) in [5.74, 6) is -0.0158. The van der Waals surface area contributed by atoms with Gasteiger partial charge in [-0.2, -0.15) is 0 Å². The molecule has 4 heteroatoms. The summed E-state index contributed by atoms with van der Waals surface area (Å²) in [6, 6.07) is 4.03. The molecule has 1 aliphatic carbocycles. The fourth-order valence-corrected chi connectivity index (χ4v) is 2.32. The fraction of sp³-hybridized carbons (Fsp3) is 0.643. The maximum atomic E-state index is 12.1. The predicted octanol–water partition coefficient (Wildman–Crippen LogP) is 1.96. The molecule has 2 rings (SSSR count). The predicted molar refractivity (Wildman–Crippen MR) is 70.5 cm³/mol. The third-order valence-corrected chi connectivity index (χ3v) is 3.79. The van der Waals surface area contributed by atoms with Gasteiger partial charge in [-0.1, -0.05) is 0 Å². The van der Waals surface area contributed by atoms with E-state index in [9.17, 15) is 4.79 Å². The summed E-state index contributed by atoms with van der Waals surface area (Å²) in [6.45, 7) is 5.00. The van der Waals surface area contributed by atoms with Gasteiger partial charge in [0.1, 0.15) is 5.69 Å². The van der Waals surface area contributed by atoms with Crippen molar-refractivity contribution in [2.75, 3.05) is 13.2 Å². The van der Waals surface area contributed by atoms with Crippen molar-refractivity contribution in [1.82, 2.24) is 9.88 Å². The lowest BCUT2D eigenvalue weighted by Gasteiger charge is -2.16. The Kier molecular flexibility index (Phi) is 3.76. The van der Waals surface area contributed by atoms with Crippen LogP contribution in [0.15, 0.2) is 18.3 Å². The van der Waals surface area contributed by atoms with Crippen molar-refractivity contribution in [2.24, 2.45) is 5.41 Å². The second kappa shape index (κ2) is 5.14. The number of carbonyl (C=O) groups excluding carboxylic acids is 1. The molecule has 1 amide bonds. The number of amides is 1. The summed E-state index contributed by atoms with van der Waals surface area (Å²) in [5.41, 5.74) is 0.879. The Morgan fingerprint density at radius 2 is 2.28 bits per heavy atom. The number of aliphatic hydroxyl groups is 1. The van der Waals surface area contributed by atoms with E-state index in [1.165, 1.54) is 0 Å². The minimum absolute atomic E-state index is 0.0158. The van der Waals surface area contributed by atoms with Gasteiger partial charge in [0, 0.05) is 25.4 Å². The highest BCUT2D eigenvalue weighted by Gasteiger charge is 2.42. The molecule has 0 radical (unpaired) electrons. The van der Waals surface area contributed by atoms with Gasteiger partial charge in [0.2, 0.25) is 0 Å². The number of rotatable bonds is 6. The maximum absolute atomic E-state index is 12.1. The van der Waals surface area contributed by atoms with Gasteiger partial charge in [0.15, 0.2) is 0 Å². The van der Waals surface area contributed by atoms with Crippen LogP contribution in [-0.4, -0.2) is 28.7 Å². The van der Waals surface area contributed by atoms with E-state index in [1.807, 2.05) is 22.9 Å². The molecule has 0 bridgehead atoms. The Morgan fingerprint density at radius 3 is 2.83 bits per heavy atom. The first-order chi connectivity index (χ1) is 8.58. The second-order valence-electron chi connectivity index (χ2n) is 5.55. The third kappa shape index (κ3) is 2.75. The van der Waals surface area contributed by atoms with Crippen LogP contribution in [0.3, 0.4) is 0 Å². The van der Waals surface area contributed by atoms with Crippen LogP contribution in [0.1, 0.15) is 49.6 Å². The zero-order valence-corrected chi connectivity index (χ0v) is 11.1. The Bertz CT molecular complexity index is 419. The molecule has 0 aromatic carbocycles. The zero-order valence-electron chi connectivity index (χ0n) is 11.1. The summed E-state index contributed by atoms with van der Waals surface area (Å²) < 4.78 is 1.97. The highest BCUT2D eigenvalue weighted by atomic mass is 16.3. The van der Waals surface area contributed by atoms with E-state index in [0.29, 0.717) is 12.2 Å². The van der Waals surface area contributed by atoms with Crippen LogP contribution in [-0.2, 0) is 0 Å². The van der Waals surface area contributed by atoms with Gasteiger partial charge in [-0.15, -0.1) is 0 Å². The van der Waals surface area contributed by atoms with Crippen molar-refractivity contribution in [3.8, 4) is 0 Å². The largest absolute Gasteiger partial charge is 0.396 e. The van der Waals surface area contributed by atoms with Gasteiger partial charge in [0.25, 0.3) is 5.91 Å². The molecule has 1 aromatic heterocycles.